The van der Waals surface area contributed by atoms with Crippen LogP contribution in [0.2, 0.25) is 5.02 Å². The van der Waals surface area contributed by atoms with Crippen molar-refractivity contribution in [2.24, 2.45) is 0 Å². The van der Waals surface area contributed by atoms with E-state index < -0.39 is 0 Å². The molecule has 162 valence electrons. The van der Waals surface area contributed by atoms with Crippen molar-refractivity contribution in [3.63, 3.8) is 0 Å². The van der Waals surface area contributed by atoms with Gasteiger partial charge in [0.2, 0.25) is 0 Å². The molecular formula is C26H23ClFN3O. The van der Waals surface area contributed by atoms with Crippen LogP contribution in [0.4, 0.5) is 14.9 Å². The highest BCUT2D eigenvalue weighted by Crippen LogP contribution is 2.38. The average molecular weight is 448 g/mol. The molecule has 6 heteroatoms. The van der Waals surface area contributed by atoms with Crippen molar-refractivity contribution in [1.29, 1.82) is 0 Å². The second-order valence-corrected chi connectivity index (χ2v) is 8.65. The van der Waals surface area contributed by atoms with Crippen LogP contribution in [0.15, 0.2) is 66.4 Å². The lowest BCUT2D eigenvalue weighted by atomic mass is 9.88. The molecule has 0 bridgehead atoms. The molecule has 5 rings (SSSR count). The van der Waals surface area contributed by atoms with Gasteiger partial charge in [-0.1, -0.05) is 29.3 Å². The summed E-state index contributed by atoms with van der Waals surface area (Å²) in [5, 5.41) is 3.61. The fraction of sp³-hybridized carbons (Fsp3) is 0.231. The van der Waals surface area contributed by atoms with Crippen LogP contribution < -0.4 is 5.32 Å². The normalized spacial score (nSPS) is 15.6. The summed E-state index contributed by atoms with van der Waals surface area (Å²) in [5.74, 6) is -0.323. The van der Waals surface area contributed by atoms with Crippen LogP contribution >= 0.6 is 11.6 Å². The van der Waals surface area contributed by atoms with Crippen molar-refractivity contribution < 1.29 is 9.18 Å². The molecule has 32 heavy (non-hydrogen) atoms. The molecule has 0 atom stereocenters. The number of piperidine rings is 1. The zero-order chi connectivity index (χ0) is 22.1. The maximum absolute atomic E-state index is 13.1. The van der Waals surface area contributed by atoms with E-state index in [1.54, 1.807) is 12.1 Å². The van der Waals surface area contributed by atoms with E-state index in [9.17, 15) is 9.18 Å². The summed E-state index contributed by atoms with van der Waals surface area (Å²) in [7, 11) is 0. The number of pyridine rings is 1. The maximum atomic E-state index is 13.1. The van der Waals surface area contributed by atoms with Crippen LogP contribution in [-0.2, 0) is 12.8 Å². The highest BCUT2D eigenvalue weighted by molar-refractivity contribution is 6.30. The predicted molar refractivity (Wildman–Crippen MR) is 125 cm³/mol. The van der Waals surface area contributed by atoms with Gasteiger partial charge in [-0.3, -0.25) is 4.98 Å². The van der Waals surface area contributed by atoms with Crippen molar-refractivity contribution in [1.82, 2.24) is 9.88 Å². The van der Waals surface area contributed by atoms with Gasteiger partial charge in [0.1, 0.15) is 5.82 Å². The molecule has 0 unspecified atom stereocenters. The molecule has 0 spiro atoms. The summed E-state index contributed by atoms with van der Waals surface area (Å²) in [4.78, 5) is 19.3. The molecule has 1 aliphatic carbocycles. The zero-order valence-electron chi connectivity index (χ0n) is 17.6. The molecule has 2 heterocycles. The van der Waals surface area contributed by atoms with E-state index in [-0.39, 0.29) is 11.8 Å². The highest BCUT2D eigenvalue weighted by Gasteiger charge is 2.26. The molecule has 0 radical (unpaired) electrons. The Hall–Kier alpha value is -3.18. The Kier molecular flexibility index (Phi) is 5.66. The zero-order valence-corrected chi connectivity index (χ0v) is 18.3. The number of nitrogens with one attached hydrogen (secondary N) is 1. The number of fused-ring (bicyclic) bond motifs is 2. The number of likely N-dealkylation sites (tertiary alicyclic amines) is 1. The molecule has 2 aromatic carbocycles. The molecular weight excluding hydrogens is 425 g/mol. The van der Waals surface area contributed by atoms with Crippen LogP contribution in [0.1, 0.15) is 35.2 Å². The third-order valence-corrected chi connectivity index (χ3v) is 6.47. The standard InChI is InChI=1S/C26H23ClFN3O/c27-20-5-10-23-19(16-20)4-3-18-2-1-13-29-25(18)24(23)17-11-14-31(15-12-17)26(32)30-22-8-6-21(28)7-9-22/h1-2,5-10,13,16H,3-4,11-12,14-15H2,(H,30,32). The fourth-order valence-electron chi connectivity index (χ4n) is 4.60. The summed E-state index contributed by atoms with van der Waals surface area (Å²) in [6.07, 6.45) is 5.27. The van der Waals surface area contributed by atoms with Crippen LogP contribution in [-0.4, -0.2) is 29.0 Å². The first-order valence-corrected chi connectivity index (χ1v) is 11.2. The first-order chi connectivity index (χ1) is 15.6. The largest absolute Gasteiger partial charge is 0.324 e. The van der Waals surface area contributed by atoms with Gasteiger partial charge in [-0.05, 0) is 84.8 Å². The number of halogens is 2. The van der Waals surface area contributed by atoms with Crippen molar-refractivity contribution in [3.8, 4) is 0 Å². The SMILES string of the molecule is O=C(Nc1ccc(F)cc1)N1CCC(=C2c3ccc(Cl)cc3CCc3cccnc32)CC1. The van der Waals surface area contributed by atoms with Gasteiger partial charge in [0, 0.05) is 35.6 Å². The van der Waals surface area contributed by atoms with Gasteiger partial charge in [0.15, 0.2) is 0 Å². The van der Waals surface area contributed by atoms with Crippen molar-refractivity contribution in [2.75, 3.05) is 18.4 Å². The Morgan fingerprint density at radius 2 is 1.72 bits per heavy atom. The molecule has 1 saturated heterocycles. The summed E-state index contributed by atoms with van der Waals surface area (Å²) in [5.41, 5.74) is 7.85. The molecule has 2 amide bonds. The van der Waals surface area contributed by atoms with Gasteiger partial charge in [0.25, 0.3) is 0 Å². The van der Waals surface area contributed by atoms with E-state index in [0.717, 1.165) is 36.4 Å². The second-order valence-electron chi connectivity index (χ2n) is 8.22. The highest BCUT2D eigenvalue weighted by atomic mass is 35.5. The van der Waals surface area contributed by atoms with E-state index in [1.807, 2.05) is 23.2 Å². The minimum absolute atomic E-state index is 0.160. The van der Waals surface area contributed by atoms with Gasteiger partial charge in [-0.15, -0.1) is 0 Å². The molecule has 4 nitrogen and oxygen atoms in total. The summed E-state index contributed by atoms with van der Waals surface area (Å²) >= 11 is 6.30. The first kappa shape index (κ1) is 20.7. The number of anilines is 1. The number of amides is 2. The number of carbonyl (C=O) groups excluding carboxylic acids is 1. The van der Waals surface area contributed by atoms with Crippen LogP contribution in [0.5, 0.6) is 0 Å². The lowest BCUT2D eigenvalue weighted by Crippen LogP contribution is -2.39. The molecule has 1 N–H and O–H groups in total. The number of carbonyl (C=O) groups is 1. The topological polar surface area (TPSA) is 45.2 Å². The third-order valence-electron chi connectivity index (χ3n) is 6.23. The smallest absolute Gasteiger partial charge is 0.321 e. The summed E-state index contributed by atoms with van der Waals surface area (Å²) in [6.45, 7) is 1.24. The fourth-order valence-corrected chi connectivity index (χ4v) is 4.79. The van der Waals surface area contributed by atoms with Gasteiger partial charge in [-0.25, -0.2) is 9.18 Å². The van der Waals surface area contributed by atoms with Crippen molar-refractivity contribution >= 4 is 28.9 Å². The molecule has 2 aliphatic rings. The molecule has 1 aliphatic heterocycles. The van der Waals surface area contributed by atoms with Crippen molar-refractivity contribution in [2.45, 2.75) is 25.7 Å². The van der Waals surface area contributed by atoms with Crippen LogP contribution in [0.25, 0.3) is 5.57 Å². The molecule has 3 aromatic rings. The Bertz CT molecular complexity index is 1200. The number of urea groups is 1. The van der Waals surface area contributed by atoms with E-state index in [0.29, 0.717) is 18.8 Å². The number of benzene rings is 2. The number of rotatable bonds is 1. The summed E-state index contributed by atoms with van der Waals surface area (Å²) in [6, 6.07) is 15.9. The Morgan fingerprint density at radius 3 is 2.50 bits per heavy atom. The van der Waals surface area contributed by atoms with Gasteiger partial charge in [-0.2, -0.15) is 0 Å². The van der Waals surface area contributed by atoms with Crippen LogP contribution in [0, 0.1) is 5.82 Å². The van der Waals surface area contributed by atoms with E-state index in [4.69, 9.17) is 16.6 Å². The van der Waals surface area contributed by atoms with Gasteiger partial charge < -0.3 is 10.2 Å². The van der Waals surface area contributed by atoms with Gasteiger partial charge in [0.05, 0.1) is 5.69 Å². The Balaban J connectivity index is 1.42. The third kappa shape index (κ3) is 4.13. The Morgan fingerprint density at radius 1 is 0.969 bits per heavy atom. The number of hydrogen-bond acceptors (Lipinski definition) is 2. The molecule has 0 saturated carbocycles. The average Bonchev–Trinajstić information content (AvgIpc) is 2.97. The minimum atomic E-state index is -0.323. The quantitative estimate of drug-likeness (QED) is 0.489. The monoisotopic (exact) mass is 447 g/mol. The maximum Gasteiger partial charge on any atom is 0.321 e. The molecule has 1 aromatic heterocycles. The Labute approximate surface area is 191 Å². The van der Waals surface area contributed by atoms with Crippen molar-refractivity contribution in [3.05, 3.63) is 99.6 Å². The number of aryl methyl sites for hydroxylation is 2. The number of nitrogens with zero attached hydrogens (tertiary/aromatic N) is 2. The summed E-state index contributed by atoms with van der Waals surface area (Å²) < 4.78 is 13.1. The lowest BCUT2D eigenvalue weighted by Gasteiger charge is -2.30. The van der Waals surface area contributed by atoms with E-state index in [2.05, 4.69) is 23.5 Å². The first-order valence-electron chi connectivity index (χ1n) is 10.8. The van der Waals surface area contributed by atoms with E-state index >= 15 is 0 Å². The molecule has 1 fully saturated rings. The number of hydrogen-bond donors (Lipinski definition) is 1. The number of aromatic nitrogens is 1. The lowest BCUT2D eigenvalue weighted by molar-refractivity contribution is 0.207. The van der Waals surface area contributed by atoms with Gasteiger partial charge >= 0.3 is 6.03 Å². The second kappa shape index (κ2) is 8.75. The van der Waals surface area contributed by atoms with Crippen LogP contribution in [0.3, 0.4) is 0 Å². The predicted octanol–water partition coefficient (Wildman–Crippen LogP) is 6.10. The van der Waals surface area contributed by atoms with E-state index in [1.165, 1.54) is 40.0 Å². The minimum Gasteiger partial charge on any atom is -0.324 e.